The minimum absolute atomic E-state index is 0.00181. The van der Waals surface area contributed by atoms with Gasteiger partial charge in [0.1, 0.15) is 17.6 Å². The second kappa shape index (κ2) is 13.7. The number of fused-ring (bicyclic) bond motifs is 7. The second-order valence-corrected chi connectivity index (χ2v) is 16.1. The number of nitrogens with zero attached hydrogens (tertiary/aromatic N) is 3. The molecule has 9 nitrogen and oxygen atoms in total. The van der Waals surface area contributed by atoms with Crippen molar-refractivity contribution >= 4 is 26.7 Å². The van der Waals surface area contributed by atoms with Crippen molar-refractivity contribution in [3.05, 3.63) is 101 Å². The van der Waals surface area contributed by atoms with Crippen molar-refractivity contribution in [1.29, 1.82) is 5.26 Å². The van der Waals surface area contributed by atoms with Crippen LogP contribution in [0.1, 0.15) is 68.3 Å². The number of carbonyl (C=O) groups is 1. The molecule has 0 fully saturated rings. The molecule has 6 rings (SSSR count). The third-order valence-corrected chi connectivity index (χ3v) is 11.4. The zero-order valence-electron chi connectivity index (χ0n) is 28.0. The molecular formula is C38H38F2N4O5S. The molecule has 50 heavy (non-hydrogen) atoms. The maximum atomic E-state index is 15.9. The number of nitrogens with one attached hydrogen (secondary N) is 1. The SMILES string of the molecule is C[C@@H](Cc1cccc(C2CCCC(C)(C)CS(=O)(=O)CCc3c(c(F)cc4[nH]ccc34)Oc3ccc(F)c(c3)-c3c(C#N)cnn32)c1)C(=O)O. The van der Waals surface area contributed by atoms with Crippen LogP contribution in [-0.2, 0) is 27.5 Å². The lowest BCUT2D eigenvalue weighted by Gasteiger charge is -2.27. The number of rotatable bonds is 4. The van der Waals surface area contributed by atoms with Crippen LogP contribution in [0.4, 0.5) is 8.78 Å². The molecule has 0 amide bonds. The molecule has 0 aliphatic carbocycles. The van der Waals surface area contributed by atoms with Crippen LogP contribution in [0.5, 0.6) is 11.5 Å². The molecule has 2 atom stereocenters. The average molecular weight is 701 g/mol. The van der Waals surface area contributed by atoms with Crippen molar-refractivity contribution in [3.8, 4) is 28.8 Å². The van der Waals surface area contributed by atoms with Gasteiger partial charge in [-0.3, -0.25) is 9.48 Å². The number of aromatic nitrogens is 3. The Bertz CT molecular complexity index is 2240. The first-order chi connectivity index (χ1) is 23.7. The lowest BCUT2D eigenvalue weighted by atomic mass is 9.87. The summed E-state index contributed by atoms with van der Waals surface area (Å²) in [5.74, 6) is -3.29. The number of aromatic amines is 1. The number of aryl methyl sites for hydroxylation is 1. The van der Waals surface area contributed by atoms with Crippen molar-refractivity contribution in [2.45, 2.75) is 58.9 Å². The third kappa shape index (κ3) is 7.28. The Hall–Kier alpha value is -5.02. The molecule has 3 aromatic carbocycles. The van der Waals surface area contributed by atoms with Gasteiger partial charge in [-0.2, -0.15) is 10.4 Å². The van der Waals surface area contributed by atoms with E-state index in [2.05, 4.69) is 16.2 Å². The summed E-state index contributed by atoms with van der Waals surface area (Å²) in [7, 11) is -3.61. The van der Waals surface area contributed by atoms with Gasteiger partial charge < -0.3 is 14.8 Å². The number of carboxylic acids is 1. The highest BCUT2D eigenvalue weighted by Gasteiger charge is 2.30. The largest absolute Gasteiger partial charge is 0.481 e. The van der Waals surface area contributed by atoms with E-state index in [4.69, 9.17) is 4.74 Å². The van der Waals surface area contributed by atoms with Crippen LogP contribution in [0, 0.1) is 34.3 Å². The summed E-state index contributed by atoms with van der Waals surface area (Å²) in [6.45, 7) is 5.43. The Morgan fingerprint density at radius 3 is 2.74 bits per heavy atom. The first-order valence-electron chi connectivity index (χ1n) is 16.5. The fraction of sp³-hybridized carbons (Fsp3) is 0.342. The highest BCUT2D eigenvalue weighted by atomic mass is 32.2. The van der Waals surface area contributed by atoms with E-state index in [1.54, 1.807) is 23.9 Å². The molecule has 12 heteroatoms. The van der Waals surface area contributed by atoms with E-state index in [9.17, 15) is 23.6 Å². The Morgan fingerprint density at radius 1 is 1.18 bits per heavy atom. The summed E-state index contributed by atoms with van der Waals surface area (Å²) in [5.41, 5.74) is 2.15. The third-order valence-electron chi connectivity index (χ3n) is 9.39. The summed E-state index contributed by atoms with van der Waals surface area (Å²) < 4.78 is 66.5. The highest BCUT2D eigenvalue weighted by Crippen LogP contribution is 2.40. The van der Waals surface area contributed by atoms with Crippen molar-refractivity contribution in [2.24, 2.45) is 11.3 Å². The minimum atomic E-state index is -3.61. The number of H-pyrrole nitrogens is 1. The zero-order valence-corrected chi connectivity index (χ0v) is 28.9. The molecule has 1 unspecified atom stereocenters. The molecule has 1 aliphatic rings. The Morgan fingerprint density at radius 2 is 1.98 bits per heavy atom. The van der Waals surface area contributed by atoms with Crippen molar-refractivity contribution in [2.75, 3.05) is 11.5 Å². The zero-order chi connectivity index (χ0) is 35.8. The molecule has 5 aromatic rings. The standard InChI is InChI=1S/C38H38F2N4O5S/c1-23(37(45)46)16-24-6-4-7-25(17-24)34-8-5-13-38(2,3)22-50(47,48)15-12-29-28-11-14-42-33(28)19-32(40)36(29)49-27-9-10-31(39)30(18-27)35-26(20-41)21-43-44(34)35/h4,6-7,9-11,14,17-19,21,23,34,42H,5,8,12-13,15-16,22H2,1-3H3,(H,45,46)/t23-,34?/m0/s1. The molecule has 2 aromatic heterocycles. The number of hydrogen-bond donors (Lipinski definition) is 2. The Labute approximate surface area is 289 Å². The van der Waals surface area contributed by atoms with E-state index >= 15 is 8.78 Å². The number of carboxylic acid groups (broad SMARTS) is 1. The van der Waals surface area contributed by atoms with Gasteiger partial charge in [-0.05, 0) is 66.5 Å². The highest BCUT2D eigenvalue weighted by molar-refractivity contribution is 7.91. The molecule has 0 saturated carbocycles. The van der Waals surface area contributed by atoms with Crippen LogP contribution >= 0.6 is 0 Å². The van der Waals surface area contributed by atoms with Gasteiger partial charge in [-0.1, -0.05) is 51.5 Å². The van der Waals surface area contributed by atoms with Crippen LogP contribution in [0.25, 0.3) is 22.2 Å². The van der Waals surface area contributed by atoms with Crippen LogP contribution in [-0.4, -0.2) is 45.8 Å². The lowest BCUT2D eigenvalue weighted by Crippen LogP contribution is -2.27. The smallest absolute Gasteiger partial charge is 0.306 e. The maximum Gasteiger partial charge on any atom is 0.306 e. The number of sulfone groups is 1. The van der Waals surface area contributed by atoms with Crippen molar-refractivity contribution < 1.29 is 31.8 Å². The first kappa shape index (κ1) is 34.8. The molecule has 260 valence electrons. The summed E-state index contributed by atoms with van der Waals surface area (Å²) >= 11 is 0. The number of nitriles is 1. The van der Waals surface area contributed by atoms with E-state index in [-0.39, 0.29) is 52.7 Å². The fourth-order valence-corrected chi connectivity index (χ4v) is 8.96. The first-order valence-corrected chi connectivity index (χ1v) is 18.3. The molecule has 2 bridgehead atoms. The molecule has 0 radical (unpaired) electrons. The number of hydrogen-bond acceptors (Lipinski definition) is 6. The summed E-state index contributed by atoms with van der Waals surface area (Å²) in [6, 6.07) is 16.0. The quantitative estimate of drug-likeness (QED) is 0.194. The summed E-state index contributed by atoms with van der Waals surface area (Å²) in [6.07, 6.45) is 4.85. The predicted molar refractivity (Wildman–Crippen MR) is 186 cm³/mol. The van der Waals surface area contributed by atoms with E-state index in [1.165, 1.54) is 30.5 Å². The van der Waals surface area contributed by atoms with E-state index < -0.39 is 44.8 Å². The van der Waals surface area contributed by atoms with Crippen LogP contribution in [0.3, 0.4) is 0 Å². The normalized spacial score (nSPS) is 18.2. The van der Waals surface area contributed by atoms with Crippen LogP contribution in [0.15, 0.2) is 67.0 Å². The number of halogens is 2. The Balaban J connectivity index is 1.53. The van der Waals surface area contributed by atoms with Gasteiger partial charge in [0.15, 0.2) is 21.4 Å². The van der Waals surface area contributed by atoms with Gasteiger partial charge in [0, 0.05) is 34.3 Å². The summed E-state index contributed by atoms with van der Waals surface area (Å²) in [4.78, 5) is 14.6. The van der Waals surface area contributed by atoms with Crippen LogP contribution in [0.2, 0.25) is 0 Å². The average Bonchev–Trinajstić information content (AvgIpc) is 3.70. The second-order valence-electron chi connectivity index (χ2n) is 13.9. The minimum Gasteiger partial charge on any atom is -0.481 e. The summed E-state index contributed by atoms with van der Waals surface area (Å²) in [5, 5.41) is 24.9. The molecule has 1 aliphatic heterocycles. The Kier molecular flexibility index (Phi) is 9.55. The molecule has 3 heterocycles. The fourth-order valence-electron chi connectivity index (χ4n) is 6.97. The lowest BCUT2D eigenvalue weighted by molar-refractivity contribution is -0.141. The van der Waals surface area contributed by atoms with Crippen molar-refractivity contribution in [3.63, 3.8) is 0 Å². The topological polar surface area (TPSA) is 138 Å². The maximum absolute atomic E-state index is 15.9. The molecule has 2 N–H and O–H groups in total. The van der Waals surface area contributed by atoms with Gasteiger partial charge >= 0.3 is 5.97 Å². The van der Waals surface area contributed by atoms with Gasteiger partial charge in [0.05, 0.1) is 40.9 Å². The monoisotopic (exact) mass is 700 g/mol. The van der Waals surface area contributed by atoms with Gasteiger partial charge in [-0.15, -0.1) is 0 Å². The number of ether oxygens (including phenoxy) is 1. The molecule has 0 saturated heterocycles. The van der Waals surface area contributed by atoms with Crippen molar-refractivity contribution in [1.82, 2.24) is 14.8 Å². The van der Waals surface area contributed by atoms with Gasteiger partial charge in [0.25, 0.3) is 0 Å². The number of aliphatic carboxylic acids is 1. The number of benzene rings is 3. The van der Waals surface area contributed by atoms with Crippen LogP contribution < -0.4 is 4.74 Å². The molecule has 0 spiro atoms. The van der Waals surface area contributed by atoms with Gasteiger partial charge in [0.2, 0.25) is 0 Å². The van der Waals surface area contributed by atoms with E-state index in [0.717, 1.165) is 11.1 Å². The van der Waals surface area contributed by atoms with E-state index in [1.807, 2.05) is 38.1 Å². The molecular weight excluding hydrogens is 663 g/mol. The van der Waals surface area contributed by atoms with Gasteiger partial charge in [-0.25, -0.2) is 17.2 Å². The van der Waals surface area contributed by atoms with E-state index in [0.29, 0.717) is 35.7 Å². The predicted octanol–water partition coefficient (Wildman–Crippen LogP) is 7.99.